The highest BCUT2D eigenvalue weighted by atomic mass is 15.1. The Morgan fingerprint density at radius 1 is 1.31 bits per heavy atom. The van der Waals surface area contributed by atoms with Gasteiger partial charge in [0.2, 0.25) is 0 Å². The molecule has 0 aromatic heterocycles. The third kappa shape index (κ3) is 4.33. The number of nitrogens with zero attached hydrogens (tertiary/aromatic N) is 1. The van der Waals surface area contributed by atoms with Crippen LogP contribution in [0.2, 0.25) is 0 Å². The molecule has 16 heavy (non-hydrogen) atoms. The van der Waals surface area contributed by atoms with Crippen LogP contribution >= 0.6 is 0 Å². The summed E-state index contributed by atoms with van der Waals surface area (Å²) >= 11 is 0. The van der Waals surface area contributed by atoms with Crippen LogP contribution in [0.1, 0.15) is 23.6 Å². The lowest BCUT2D eigenvalue weighted by molar-refractivity contribution is 0.321. The van der Waals surface area contributed by atoms with Crippen molar-refractivity contribution in [1.29, 1.82) is 0 Å². The Hall–Kier alpha value is -0.860. The third-order valence-corrected chi connectivity index (χ3v) is 2.87. The van der Waals surface area contributed by atoms with Crippen molar-refractivity contribution in [1.82, 2.24) is 4.90 Å². The fourth-order valence-corrected chi connectivity index (χ4v) is 1.96. The summed E-state index contributed by atoms with van der Waals surface area (Å²) in [4.78, 5) is 2.30. The molecule has 0 aliphatic heterocycles. The van der Waals surface area contributed by atoms with Crippen LogP contribution in [0.5, 0.6) is 0 Å². The Morgan fingerprint density at radius 2 is 2.00 bits per heavy atom. The predicted molar refractivity (Wildman–Crippen MR) is 70.8 cm³/mol. The molecule has 0 aliphatic carbocycles. The van der Waals surface area contributed by atoms with Crippen LogP contribution in [-0.4, -0.2) is 31.1 Å². The molecule has 0 saturated carbocycles. The summed E-state index contributed by atoms with van der Waals surface area (Å²) in [6.45, 7) is 8.42. The van der Waals surface area contributed by atoms with Crippen molar-refractivity contribution in [2.75, 3.05) is 20.1 Å². The van der Waals surface area contributed by atoms with Gasteiger partial charge in [-0.25, -0.2) is 0 Å². The molecule has 1 unspecified atom stereocenters. The first kappa shape index (κ1) is 13.2. The minimum atomic E-state index is 0.253. The molecule has 1 aromatic rings. The Balaban J connectivity index is 2.51. The van der Waals surface area contributed by atoms with E-state index in [1.807, 2.05) is 0 Å². The van der Waals surface area contributed by atoms with Gasteiger partial charge in [0.05, 0.1) is 0 Å². The number of aryl methyl sites for hydroxylation is 2. The quantitative estimate of drug-likeness (QED) is 0.823. The minimum absolute atomic E-state index is 0.253. The highest BCUT2D eigenvalue weighted by Gasteiger charge is 2.04. The largest absolute Gasteiger partial charge is 0.327 e. The van der Waals surface area contributed by atoms with Gasteiger partial charge in [-0.15, -0.1) is 0 Å². The molecule has 0 aliphatic rings. The molecular formula is C14H24N2. The van der Waals surface area contributed by atoms with Crippen LogP contribution in [0.25, 0.3) is 0 Å². The first-order chi connectivity index (χ1) is 7.49. The summed E-state index contributed by atoms with van der Waals surface area (Å²) in [6, 6.07) is 6.92. The van der Waals surface area contributed by atoms with Crippen molar-refractivity contribution in [2.45, 2.75) is 33.2 Å². The maximum atomic E-state index is 5.77. The molecule has 2 heteroatoms. The fraction of sp³-hybridized carbons (Fsp3) is 0.571. The van der Waals surface area contributed by atoms with Gasteiger partial charge in [0, 0.05) is 19.1 Å². The number of rotatable bonds is 5. The summed E-state index contributed by atoms with van der Waals surface area (Å²) in [6.07, 6.45) is 1.11. The van der Waals surface area contributed by atoms with E-state index >= 15 is 0 Å². The zero-order chi connectivity index (χ0) is 12.1. The highest BCUT2D eigenvalue weighted by Crippen LogP contribution is 2.11. The molecule has 1 aromatic carbocycles. The molecule has 0 fully saturated rings. The van der Waals surface area contributed by atoms with Gasteiger partial charge in [0.1, 0.15) is 0 Å². The van der Waals surface area contributed by atoms with Crippen molar-refractivity contribution in [3.8, 4) is 0 Å². The Labute approximate surface area is 99.5 Å². The second kappa shape index (κ2) is 6.02. The lowest BCUT2D eigenvalue weighted by Gasteiger charge is -2.19. The SMILES string of the molecule is Cc1ccc(C)c(CCN(C)CC(C)N)c1. The van der Waals surface area contributed by atoms with Gasteiger partial charge in [-0.2, -0.15) is 0 Å². The second-order valence-electron chi connectivity index (χ2n) is 4.92. The van der Waals surface area contributed by atoms with Crippen molar-refractivity contribution < 1.29 is 0 Å². The average molecular weight is 220 g/mol. The first-order valence-corrected chi connectivity index (χ1v) is 5.99. The van der Waals surface area contributed by atoms with Crippen LogP contribution in [0, 0.1) is 13.8 Å². The van der Waals surface area contributed by atoms with Crippen molar-refractivity contribution in [3.05, 3.63) is 34.9 Å². The van der Waals surface area contributed by atoms with Gasteiger partial charge >= 0.3 is 0 Å². The number of hydrogen-bond donors (Lipinski definition) is 1. The summed E-state index contributed by atoms with van der Waals surface area (Å²) in [5.74, 6) is 0. The molecule has 0 amide bonds. The first-order valence-electron chi connectivity index (χ1n) is 5.99. The van der Waals surface area contributed by atoms with Crippen molar-refractivity contribution in [2.24, 2.45) is 5.73 Å². The summed E-state index contributed by atoms with van der Waals surface area (Å²) < 4.78 is 0. The van der Waals surface area contributed by atoms with Crippen molar-refractivity contribution >= 4 is 0 Å². The molecular weight excluding hydrogens is 196 g/mol. The molecule has 0 spiro atoms. The van der Waals surface area contributed by atoms with E-state index in [2.05, 4.69) is 50.9 Å². The van der Waals surface area contributed by atoms with E-state index in [9.17, 15) is 0 Å². The van der Waals surface area contributed by atoms with Gasteiger partial charge in [0.25, 0.3) is 0 Å². The van der Waals surface area contributed by atoms with E-state index in [0.29, 0.717) is 0 Å². The lowest BCUT2D eigenvalue weighted by Crippen LogP contribution is -2.34. The van der Waals surface area contributed by atoms with E-state index in [0.717, 1.165) is 19.5 Å². The van der Waals surface area contributed by atoms with E-state index in [-0.39, 0.29) is 6.04 Å². The van der Waals surface area contributed by atoms with Crippen LogP contribution in [0.15, 0.2) is 18.2 Å². The van der Waals surface area contributed by atoms with Crippen LogP contribution in [0.4, 0.5) is 0 Å². The van der Waals surface area contributed by atoms with Gasteiger partial charge < -0.3 is 10.6 Å². The number of hydrogen-bond acceptors (Lipinski definition) is 2. The lowest BCUT2D eigenvalue weighted by atomic mass is 10.0. The number of likely N-dealkylation sites (N-methyl/N-ethyl adjacent to an activating group) is 1. The Bertz CT molecular complexity index is 332. The average Bonchev–Trinajstić information content (AvgIpc) is 2.18. The summed E-state index contributed by atoms with van der Waals surface area (Å²) in [5.41, 5.74) is 9.96. The smallest absolute Gasteiger partial charge is 0.0139 e. The molecule has 2 N–H and O–H groups in total. The Morgan fingerprint density at radius 3 is 2.62 bits per heavy atom. The summed E-state index contributed by atoms with van der Waals surface area (Å²) in [5, 5.41) is 0. The topological polar surface area (TPSA) is 29.3 Å². The maximum absolute atomic E-state index is 5.77. The highest BCUT2D eigenvalue weighted by molar-refractivity contribution is 5.30. The van der Waals surface area contributed by atoms with Crippen molar-refractivity contribution in [3.63, 3.8) is 0 Å². The van der Waals surface area contributed by atoms with E-state index in [4.69, 9.17) is 5.73 Å². The molecule has 0 saturated heterocycles. The van der Waals surface area contributed by atoms with Gasteiger partial charge in [-0.3, -0.25) is 0 Å². The monoisotopic (exact) mass is 220 g/mol. The van der Waals surface area contributed by atoms with Crippen LogP contribution in [-0.2, 0) is 6.42 Å². The Kier molecular flexibility index (Phi) is 4.97. The van der Waals surface area contributed by atoms with Gasteiger partial charge in [0.15, 0.2) is 0 Å². The maximum Gasteiger partial charge on any atom is 0.0139 e. The number of nitrogens with two attached hydrogens (primary N) is 1. The third-order valence-electron chi connectivity index (χ3n) is 2.87. The van der Waals surface area contributed by atoms with Crippen LogP contribution < -0.4 is 5.73 Å². The molecule has 0 heterocycles. The van der Waals surface area contributed by atoms with Gasteiger partial charge in [-0.05, 0) is 45.4 Å². The zero-order valence-electron chi connectivity index (χ0n) is 11.0. The number of benzene rings is 1. The zero-order valence-corrected chi connectivity index (χ0v) is 11.0. The standard InChI is InChI=1S/C14H24N2/c1-11-5-6-12(2)14(9-11)7-8-16(4)10-13(3)15/h5-6,9,13H,7-8,10,15H2,1-4H3. The molecule has 0 bridgehead atoms. The van der Waals surface area contributed by atoms with E-state index in [1.54, 1.807) is 0 Å². The molecule has 2 nitrogen and oxygen atoms in total. The van der Waals surface area contributed by atoms with Gasteiger partial charge in [-0.1, -0.05) is 23.8 Å². The van der Waals surface area contributed by atoms with E-state index < -0.39 is 0 Å². The molecule has 1 atom stereocenters. The predicted octanol–water partition coefficient (Wildman–Crippen LogP) is 2.12. The minimum Gasteiger partial charge on any atom is -0.327 e. The van der Waals surface area contributed by atoms with E-state index in [1.165, 1.54) is 16.7 Å². The molecule has 90 valence electrons. The normalized spacial score (nSPS) is 13.1. The second-order valence-corrected chi connectivity index (χ2v) is 4.92. The fourth-order valence-electron chi connectivity index (χ4n) is 1.96. The molecule has 0 radical (unpaired) electrons. The molecule has 1 rings (SSSR count). The van der Waals surface area contributed by atoms with Crippen LogP contribution in [0.3, 0.4) is 0 Å². The summed E-state index contributed by atoms with van der Waals surface area (Å²) in [7, 11) is 2.13.